The standard InChI is InChI=1S/C26H22ClNO3.C18H17ClO3/c1-17-8-11-21(15-22(17)26(29)30)28-18(2)9-12-24(28)23-14-20(27)10-13-25(23)31-16-19-6-4-3-5-7-19;1-13(20)7-9-17(21)16-11-15(19)8-10-18(16)22-12-14-5-3-2-4-6-14/h3-15H,16H2,1-2H3,(H,29,30);2-6,8,10-11H,7,9,12H2,1H3. The predicted octanol–water partition coefficient (Wildman–Crippen LogP) is 11.2. The largest absolute Gasteiger partial charge is 0.488 e. The highest BCUT2D eigenvalue weighted by atomic mass is 35.5. The number of aryl methyl sites for hydroxylation is 2. The number of ketones is 2. The molecule has 0 spiro atoms. The number of benzene rings is 5. The summed E-state index contributed by atoms with van der Waals surface area (Å²) in [5.74, 6) is 0.100. The molecule has 5 aromatic carbocycles. The summed E-state index contributed by atoms with van der Waals surface area (Å²) in [4.78, 5) is 34.9. The molecule has 6 rings (SSSR count). The molecule has 1 aromatic heterocycles. The number of carbonyl (C=O) groups is 3. The van der Waals surface area contributed by atoms with Gasteiger partial charge in [-0.1, -0.05) is 89.9 Å². The molecule has 0 saturated carbocycles. The van der Waals surface area contributed by atoms with Gasteiger partial charge in [0.05, 0.1) is 16.8 Å². The summed E-state index contributed by atoms with van der Waals surface area (Å²) >= 11 is 12.3. The van der Waals surface area contributed by atoms with Crippen LogP contribution in [0.2, 0.25) is 10.0 Å². The second-order valence-electron chi connectivity index (χ2n) is 12.5. The van der Waals surface area contributed by atoms with E-state index in [1.807, 2.05) is 109 Å². The molecule has 0 saturated heterocycles. The van der Waals surface area contributed by atoms with Crippen LogP contribution in [-0.4, -0.2) is 27.2 Å². The Labute approximate surface area is 319 Å². The zero-order valence-electron chi connectivity index (χ0n) is 29.6. The van der Waals surface area contributed by atoms with Crippen molar-refractivity contribution in [2.24, 2.45) is 0 Å². The monoisotopic (exact) mass is 747 g/mol. The number of hydrogen-bond donors (Lipinski definition) is 1. The van der Waals surface area contributed by atoms with Gasteiger partial charge < -0.3 is 23.9 Å². The molecular formula is C44H39Cl2NO6. The number of ether oxygens (including phenoxy) is 2. The van der Waals surface area contributed by atoms with Gasteiger partial charge in [0, 0.05) is 39.8 Å². The van der Waals surface area contributed by atoms with Gasteiger partial charge in [-0.3, -0.25) is 4.79 Å². The number of aromatic carboxylic acids is 1. The fourth-order valence-corrected chi connectivity index (χ4v) is 5.98. The molecule has 53 heavy (non-hydrogen) atoms. The van der Waals surface area contributed by atoms with Crippen LogP contribution in [0.25, 0.3) is 16.9 Å². The average molecular weight is 749 g/mol. The summed E-state index contributed by atoms with van der Waals surface area (Å²) < 4.78 is 13.9. The third-order valence-corrected chi connectivity index (χ3v) is 8.89. The van der Waals surface area contributed by atoms with Crippen molar-refractivity contribution in [3.05, 3.63) is 171 Å². The maximum Gasteiger partial charge on any atom is 0.336 e. The van der Waals surface area contributed by atoms with Crippen LogP contribution in [0.3, 0.4) is 0 Å². The fraction of sp³-hybridized carbons (Fsp3) is 0.159. The molecule has 0 amide bonds. The quantitative estimate of drug-likeness (QED) is 0.118. The Kier molecular flexibility index (Phi) is 13.3. The molecule has 9 heteroatoms. The summed E-state index contributed by atoms with van der Waals surface area (Å²) in [5, 5.41) is 10.6. The van der Waals surface area contributed by atoms with Crippen LogP contribution in [-0.2, 0) is 18.0 Å². The van der Waals surface area contributed by atoms with Crippen LogP contribution in [0, 0.1) is 13.8 Å². The van der Waals surface area contributed by atoms with Crippen LogP contribution >= 0.6 is 23.2 Å². The maximum atomic E-state index is 12.2. The van der Waals surface area contributed by atoms with E-state index in [0.717, 1.165) is 39.3 Å². The summed E-state index contributed by atoms with van der Waals surface area (Å²) in [6.07, 6.45) is 0.390. The summed E-state index contributed by atoms with van der Waals surface area (Å²) in [6, 6.07) is 39.6. The van der Waals surface area contributed by atoms with Gasteiger partial charge in [-0.2, -0.15) is 0 Å². The topological polar surface area (TPSA) is 94.8 Å². The van der Waals surface area contributed by atoms with Crippen LogP contribution in [0.1, 0.15) is 62.9 Å². The SMILES string of the molecule is CC(=O)CCC(=O)c1cc(Cl)ccc1OCc1ccccc1.Cc1ccc(-n2c(C)ccc2-c2cc(Cl)ccc2OCc2ccccc2)cc1C(=O)O. The molecule has 1 heterocycles. The van der Waals surface area contributed by atoms with Crippen LogP contribution < -0.4 is 9.47 Å². The summed E-state index contributed by atoms with van der Waals surface area (Å²) in [7, 11) is 0. The molecule has 0 aliphatic carbocycles. The normalized spacial score (nSPS) is 10.6. The molecule has 0 aliphatic heterocycles. The van der Waals surface area contributed by atoms with Crippen molar-refractivity contribution in [1.82, 2.24) is 4.57 Å². The lowest BCUT2D eigenvalue weighted by Crippen LogP contribution is -2.06. The van der Waals surface area contributed by atoms with E-state index in [1.165, 1.54) is 6.92 Å². The highest BCUT2D eigenvalue weighted by Crippen LogP contribution is 2.36. The second kappa shape index (κ2) is 18.2. The second-order valence-corrected chi connectivity index (χ2v) is 13.3. The van der Waals surface area contributed by atoms with E-state index in [2.05, 4.69) is 0 Å². The van der Waals surface area contributed by atoms with Crippen molar-refractivity contribution in [3.8, 4) is 28.4 Å². The van der Waals surface area contributed by atoms with Gasteiger partial charge in [-0.05, 0) is 98.1 Å². The number of halogens is 2. The molecule has 0 radical (unpaired) electrons. The first kappa shape index (κ1) is 38.6. The van der Waals surface area contributed by atoms with Crippen LogP contribution in [0.15, 0.2) is 127 Å². The van der Waals surface area contributed by atoms with E-state index in [4.69, 9.17) is 32.7 Å². The van der Waals surface area contributed by atoms with Crippen molar-refractivity contribution < 1.29 is 29.0 Å². The predicted molar refractivity (Wildman–Crippen MR) is 210 cm³/mol. The minimum Gasteiger partial charge on any atom is -0.488 e. The number of aromatic nitrogens is 1. The van der Waals surface area contributed by atoms with Gasteiger partial charge >= 0.3 is 5.97 Å². The number of carbonyl (C=O) groups excluding carboxylic acids is 2. The van der Waals surface area contributed by atoms with Gasteiger partial charge in [0.25, 0.3) is 0 Å². The first-order valence-electron chi connectivity index (χ1n) is 17.0. The first-order valence-corrected chi connectivity index (χ1v) is 17.7. The van der Waals surface area contributed by atoms with Crippen molar-refractivity contribution in [3.63, 3.8) is 0 Å². The highest BCUT2D eigenvalue weighted by Gasteiger charge is 2.18. The summed E-state index contributed by atoms with van der Waals surface area (Å²) in [6.45, 7) is 6.05. The molecule has 270 valence electrons. The number of rotatable bonds is 13. The van der Waals surface area contributed by atoms with Gasteiger partial charge in [0.15, 0.2) is 5.78 Å². The number of Topliss-reactive ketones (excluding diaryl/α,β-unsaturated/α-hetero) is 2. The lowest BCUT2D eigenvalue weighted by atomic mass is 10.0. The molecule has 1 N–H and O–H groups in total. The van der Waals surface area contributed by atoms with E-state index >= 15 is 0 Å². The number of hydrogen-bond acceptors (Lipinski definition) is 5. The Hall–Kier alpha value is -5.63. The zero-order chi connectivity index (χ0) is 37.9. The Morgan fingerprint density at radius 1 is 0.642 bits per heavy atom. The number of nitrogens with zero attached hydrogens (tertiary/aromatic N) is 1. The third kappa shape index (κ3) is 10.5. The molecule has 0 bridgehead atoms. The average Bonchev–Trinajstić information content (AvgIpc) is 3.54. The van der Waals surface area contributed by atoms with E-state index in [0.29, 0.717) is 40.3 Å². The molecule has 0 unspecified atom stereocenters. The Morgan fingerprint density at radius 2 is 1.23 bits per heavy atom. The van der Waals surface area contributed by atoms with Crippen LogP contribution in [0.4, 0.5) is 0 Å². The number of carboxylic acid groups (broad SMARTS) is 1. The van der Waals surface area contributed by atoms with Crippen molar-refractivity contribution in [2.45, 2.75) is 46.8 Å². The Balaban J connectivity index is 0.000000217. The smallest absolute Gasteiger partial charge is 0.336 e. The lowest BCUT2D eigenvalue weighted by molar-refractivity contribution is -0.117. The van der Waals surface area contributed by atoms with E-state index in [9.17, 15) is 19.5 Å². The fourth-order valence-electron chi connectivity index (χ4n) is 5.64. The first-order chi connectivity index (χ1) is 25.5. The Morgan fingerprint density at radius 3 is 1.83 bits per heavy atom. The van der Waals surface area contributed by atoms with Crippen molar-refractivity contribution in [2.75, 3.05) is 0 Å². The maximum absolute atomic E-state index is 12.2. The van der Waals surface area contributed by atoms with Crippen molar-refractivity contribution in [1.29, 1.82) is 0 Å². The van der Waals surface area contributed by atoms with Gasteiger partial charge in [0.1, 0.15) is 30.5 Å². The number of carboxylic acids is 1. The molecule has 7 nitrogen and oxygen atoms in total. The van der Waals surface area contributed by atoms with Crippen LogP contribution in [0.5, 0.6) is 11.5 Å². The van der Waals surface area contributed by atoms with E-state index in [1.54, 1.807) is 37.3 Å². The van der Waals surface area contributed by atoms with E-state index < -0.39 is 5.97 Å². The molecular weight excluding hydrogens is 709 g/mol. The third-order valence-electron chi connectivity index (χ3n) is 8.42. The summed E-state index contributed by atoms with van der Waals surface area (Å²) in [5.41, 5.74) is 6.97. The molecule has 6 aromatic rings. The molecule has 0 atom stereocenters. The highest BCUT2D eigenvalue weighted by molar-refractivity contribution is 6.31. The van der Waals surface area contributed by atoms with Crippen molar-refractivity contribution >= 4 is 40.7 Å². The van der Waals surface area contributed by atoms with E-state index in [-0.39, 0.29) is 30.0 Å². The zero-order valence-corrected chi connectivity index (χ0v) is 31.2. The van der Waals surface area contributed by atoms with Gasteiger partial charge in [-0.15, -0.1) is 0 Å². The van der Waals surface area contributed by atoms with Gasteiger partial charge in [0.2, 0.25) is 0 Å². The Bertz CT molecular complexity index is 2210. The molecule has 0 aliphatic rings. The van der Waals surface area contributed by atoms with Gasteiger partial charge in [-0.25, -0.2) is 4.79 Å². The lowest BCUT2D eigenvalue weighted by Gasteiger charge is -2.17. The molecule has 0 fully saturated rings. The minimum absolute atomic E-state index is 0.0119. The minimum atomic E-state index is -0.944.